The summed E-state index contributed by atoms with van der Waals surface area (Å²) in [6, 6.07) is 23.7. The molecule has 0 saturated heterocycles. The average molecular weight is 337 g/mol. The third kappa shape index (κ3) is 2.50. The van der Waals surface area contributed by atoms with Crippen LogP contribution in [0.4, 0.5) is 5.69 Å². The van der Waals surface area contributed by atoms with E-state index in [2.05, 4.69) is 73.7 Å². The molecule has 26 heavy (non-hydrogen) atoms. The van der Waals surface area contributed by atoms with Crippen molar-refractivity contribution in [2.75, 3.05) is 0 Å². The number of hydrogen-bond donors (Lipinski definition) is 0. The lowest BCUT2D eigenvalue weighted by atomic mass is 9.75. The lowest BCUT2D eigenvalue weighted by molar-refractivity contribution is 0.666. The normalized spacial score (nSPS) is 17.2. The molecule has 0 bridgehead atoms. The molecule has 1 atom stereocenters. The van der Waals surface area contributed by atoms with E-state index in [1.54, 1.807) is 0 Å². The number of hydrogen-bond acceptors (Lipinski definition) is 1. The van der Waals surface area contributed by atoms with E-state index in [0.29, 0.717) is 5.92 Å². The highest BCUT2D eigenvalue weighted by molar-refractivity contribution is 6.14. The Morgan fingerprint density at radius 2 is 1.50 bits per heavy atom. The standard InChI is InChI=1S/C25H23N/c1-17-15-21-16-20-13-8-14-22(20)25(23(17)21)26-24(18-9-4-2-5-10-18)19-11-6-3-7-12-19/h2-7,9-12,16-17H,8,13-15H2,1H3. The molecular weight excluding hydrogens is 314 g/mol. The predicted octanol–water partition coefficient (Wildman–Crippen LogP) is 6.00. The number of benzene rings is 3. The Morgan fingerprint density at radius 1 is 0.846 bits per heavy atom. The Hall–Kier alpha value is -2.67. The average Bonchev–Trinajstić information content (AvgIpc) is 3.15. The maximum Gasteiger partial charge on any atom is 0.0781 e. The van der Waals surface area contributed by atoms with Gasteiger partial charge >= 0.3 is 0 Å². The van der Waals surface area contributed by atoms with Crippen molar-refractivity contribution in [1.82, 2.24) is 0 Å². The van der Waals surface area contributed by atoms with Crippen molar-refractivity contribution < 1.29 is 0 Å². The summed E-state index contributed by atoms with van der Waals surface area (Å²) in [6.07, 6.45) is 4.86. The highest BCUT2D eigenvalue weighted by atomic mass is 14.8. The Balaban J connectivity index is 1.75. The molecule has 1 heteroatoms. The van der Waals surface area contributed by atoms with Crippen LogP contribution in [0, 0.1) is 0 Å². The molecule has 1 nitrogen and oxygen atoms in total. The topological polar surface area (TPSA) is 12.4 Å². The fourth-order valence-electron chi connectivity index (χ4n) is 4.55. The van der Waals surface area contributed by atoms with E-state index < -0.39 is 0 Å². The molecule has 1 unspecified atom stereocenters. The number of aliphatic imine (C=N–C) groups is 1. The van der Waals surface area contributed by atoms with Gasteiger partial charge in [-0.05, 0) is 53.9 Å². The summed E-state index contributed by atoms with van der Waals surface area (Å²) in [5.41, 5.74) is 10.8. The molecule has 0 aliphatic heterocycles. The summed E-state index contributed by atoms with van der Waals surface area (Å²) >= 11 is 0. The van der Waals surface area contributed by atoms with Crippen molar-refractivity contribution in [2.24, 2.45) is 4.99 Å². The summed E-state index contributed by atoms with van der Waals surface area (Å²) in [7, 11) is 0. The SMILES string of the molecule is CC1Cc2cc3c(c(N=C(c4ccccc4)c4ccccc4)c21)CCC3. The van der Waals surface area contributed by atoms with Gasteiger partial charge in [-0.25, -0.2) is 4.99 Å². The molecule has 0 amide bonds. The molecule has 5 rings (SSSR count). The van der Waals surface area contributed by atoms with Gasteiger partial charge in [0.2, 0.25) is 0 Å². The van der Waals surface area contributed by atoms with Gasteiger partial charge in [0.15, 0.2) is 0 Å². The van der Waals surface area contributed by atoms with Gasteiger partial charge in [-0.1, -0.05) is 73.7 Å². The van der Waals surface area contributed by atoms with E-state index in [4.69, 9.17) is 4.99 Å². The van der Waals surface area contributed by atoms with Crippen LogP contribution >= 0.6 is 0 Å². The maximum absolute atomic E-state index is 5.35. The number of aryl methyl sites for hydroxylation is 1. The molecule has 128 valence electrons. The number of fused-ring (bicyclic) bond motifs is 2. The Morgan fingerprint density at radius 3 is 2.12 bits per heavy atom. The highest BCUT2D eigenvalue weighted by Gasteiger charge is 2.30. The second-order valence-electron chi connectivity index (χ2n) is 7.59. The molecular formula is C25H23N. The fraction of sp³-hybridized carbons (Fsp3) is 0.240. The minimum atomic E-state index is 0.627. The van der Waals surface area contributed by atoms with Crippen molar-refractivity contribution in [3.8, 4) is 0 Å². The summed E-state index contributed by atoms with van der Waals surface area (Å²) < 4.78 is 0. The van der Waals surface area contributed by atoms with Crippen LogP contribution in [0.2, 0.25) is 0 Å². The Kier molecular flexibility index (Phi) is 3.74. The molecule has 0 radical (unpaired) electrons. The lowest BCUT2D eigenvalue weighted by Crippen LogP contribution is -2.16. The van der Waals surface area contributed by atoms with E-state index >= 15 is 0 Å². The van der Waals surface area contributed by atoms with Crippen molar-refractivity contribution in [3.05, 3.63) is 100 Å². The molecule has 0 aromatic heterocycles. The van der Waals surface area contributed by atoms with E-state index in [1.807, 2.05) is 0 Å². The van der Waals surface area contributed by atoms with Gasteiger partial charge in [0.25, 0.3) is 0 Å². The van der Waals surface area contributed by atoms with Gasteiger partial charge in [-0.2, -0.15) is 0 Å². The zero-order valence-electron chi connectivity index (χ0n) is 15.2. The van der Waals surface area contributed by atoms with E-state index in [9.17, 15) is 0 Å². The van der Waals surface area contributed by atoms with E-state index in [-0.39, 0.29) is 0 Å². The van der Waals surface area contributed by atoms with Crippen molar-refractivity contribution >= 4 is 11.4 Å². The third-order valence-electron chi connectivity index (χ3n) is 5.83. The molecule has 2 aliphatic rings. The van der Waals surface area contributed by atoms with E-state index in [0.717, 1.165) is 5.71 Å². The maximum atomic E-state index is 5.35. The second kappa shape index (κ2) is 6.25. The molecule has 0 N–H and O–H groups in total. The molecule has 3 aromatic rings. The van der Waals surface area contributed by atoms with Gasteiger partial charge in [0.1, 0.15) is 0 Å². The first-order chi connectivity index (χ1) is 12.8. The summed E-state index contributed by atoms with van der Waals surface area (Å²) in [5, 5.41) is 0. The first-order valence-corrected chi connectivity index (χ1v) is 9.68. The number of rotatable bonds is 3. The van der Waals surface area contributed by atoms with E-state index in [1.165, 1.54) is 64.8 Å². The molecule has 0 fully saturated rings. The van der Waals surface area contributed by atoms with Crippen molar-refractivity contribution in [2.45, 2.75) is 38.5 Å². The minimum Gasteiger partial charge on any atom is -0.247 e. The molecule has 0 saturated carbocycles. The molecule has 2 aliphatic carbocycles. The van der Waals surface area contributed by atoms with Crippen LogP contribution in [0.5, 0.6) is 0 Å². The molecule has 0 heterocycles. The van der Waals surface area contributed by atoms with Crippen LogP contribution in [0.25, 0.3) is 0 Å². The first kappa shape index (κ1) is 15.6. The van der Waals surface area contributed by atoms with Crippen LogP contribution in [0.1, 0.15) is 52.6 Å². The molecule has 3 aromatic carbocycles. The summed E-state index contributed by atoms with van der Waals surface area (Å²) in [4.78, 5) is 5.35. The van der Waals surface area contributed by atoms with Gasteiger partial charge < -0.3 is 0 Å². The van der Waals surface area contributed by atoms with Crippen LogP contribution in [0.15, 0.2) is 71.7 Å². The zero-order valence-corrected chi connectivity index (χ0v) is 15.2. The fourth-order valence-corrected chi connectivity index (χ4v) is 4.55. The zero-order chi connectivity index (χ0) is 17.5. The first-order valence-electron chi connectivity index (χ1n) is 9.68. The van der Waals surface area contributed by atoms with Gasteiger partial charge in [-0.3, -0.25) is 0 Å². The smallest absolute Gasteiger partial charge is 0.0781 e. The number of nitrogens with zero attached hydrogens (tertiary/aromatic N) is 1. The van der Waals surface area contributed by atoms with Crippen LogP contribution in [-0.2, 0) is 19.3 Å². The highest BCUT2D eigenvalue weighted by Crippen LogP contribution is 2.47. The van der Waals surface area contributed by atoms with Crippen LogP contribution in [0.3, 0.4) is 0 Å². The summed E-state index contributed by atoms with van der Waals surface area (Å²) in [6.45, 7) is 2.34. The lowest BCUT2D eigenvalue weighted by Gasteiger charge is -2.31. The van der Waals surface area contributed by atoms with Crippen LogP contribution < -0.4 is 0 Å². The Bertz CT molecular complexity index is 938. The minimum absolute atomic E-state index is 0.627. The quantitative estimate of drug-likeness (QED) is 0.519. The Labute approximate surface area is 155 Å². The predicted molar refractivity (Wildman–Crippen MR) is 109 cm³/mol. The second-order valence-corrected chi connectivity index (χ2v) is 7.59. The monoisotopic (exact) mass is 337 g/mol. The third-order valence-corrected chi connectivity index (χ3v) is 5.83. The summed E-state index contributed by atoms with van der Waals surface area (Å²) in [5.74, 6) is 0.627. The van der Waals surface area contributed by atoms with Gasteiger partial charge in [0.05, 0.1) is 11.4 Å². The van der Waals surface area contributed by atoms with Crippen molar-refractivity contribution in [3.63, 3.8) is 0 Å². The van der Waals surface area contributed by atoms with Crippen molar-refractivity contribution in [1.29, 1.82) is 0 Å². The largest absolute Gasteiger partial charge is 0.247 e. The van der Waals surface area contributed by atoms with Gasteiger partial charge in [-0.15, -0.1) is 0 Å². The van der Waals surface area contributed by atoms with Crippen LogP contribution in [-0.4, -0.2) is 5.71 Å². The van der Waals surface area contributed by atoms with Gasteiger partial charge in [0, 0.05) is 11.1 Å². The molecule has 0 spiro atoms.